The van der Waals surface area contributed by atoms with E-state index in [9.17, 15) is 9.00 Å². The van der Waals surface area contributed by atoms with Crippen LogP contribution in [0.3, 0.4) is 0 Å². The van der Waals surface area contributed by atoms with Crippen molar-refractivity contribution in [2.24, 2.45) is 0 Å². The molecule has 0 aromatic carbocycles. The molecule has 0 aliphatic carbocycles. The molecule has 0 aliphatic heterocycles. The summed E-state index contributed by atoms with van der Waals surface area (Å²) >= 11 is -1.85. The van der Waals surface area contributed by atoms with Gasteiger partial charge in [-0.1, -0.05) is 0 Å². The number of amides is 1. The molecule has 0 saturated heterocycles. The van der Waals surface area contributed by atoms with Crippen molar-refractivity contribution in [2.45, 2.75) is 12.8 Å². The zero-order valence-corrected chi connectivity index (χ0v) is 6.06. The third kappa shape index (κ3) is 5.67. The minimum absolute atomic E-state index is 0.0629. The van der Waals surface area contributed by atoms with Gasteiger partial charge in [-0.3, -0.25) is 10.0 Å². The molecule has 0 aromatic rings. The Morgan fingerprint density at radius 2 is 2.20 bits per heavy atom. The summed E-state index contributed by atoms with van der Waals surface area (Å²) < 4.78 is 18.2. The minimum atomic E-state index is -1.85. The van der Waals surface area contributed by atoms with Gasteiger partial charge in [0.05, 0.1) is 0 Å². The van der Waals surface area contributed by atoms with E-state index in [1.54, 1.807) is 0 Å². The van der Waals surface area contributed by atoms with Gasteiger partial charge < -0.3 is 4.55 Å². The van der Waals surface area contributed by atoms with Crippen LogP contribution >= 0.6 is 0 Å². The van der Waals surface area contributed by atoms with Gasteiger partial charge in [-0.05, 0) is 6.42 Å². The van der Waals surface area contributed by atoms with Crippen molar-refractivity contribution in [1.82, 2.24) is 5.48 Å². The van der Waals surface area contributed by atoms with E-state index in [-0.39, 0.29) is 12.2 Å². The summed E-state index contributed by atoms with van der Waals surface area (Å²) in [5.74, 6) is -0.474. The predicted molar refractivity (Wildman–Crippen MR) is 34.8 cm³/mol. The molecule has 1 amide bonds. The molecule has 0 saturated carbocycles. The van der Waals surface area contributed by atoms with Crippen LogP contribution in [0.15, 0.2) is 0 Å². The highest BCUT2D eigenvalue weighted by molar-refractivity contribution is 7.79. The molecule has 0 bridgehead atoms. The Morgan fingerprint density at radius 1 is 1.60 bits per heavy atom. The van der Waals surface area contributed by atoms with E-state index in [1.165, 1.54) is 5.48 Å². The van der Waals surface area contributed by atoms with Crippen molar-refractivity contribution in [3.63, 3.8) is 0 Å². The summed E-state index contributed by atoms with van der Waals surface area (Å²) in [5, 5.41) is 7.96. The smallest absolute Gasteiger partial charge is 0.243 e. The Kier molecular flexibility index (Phi) is 5.09. The maximum atomic E-state index is 10.3. The Bertz CT molecular complexity index is 137. The first-order valence-corrected chi connectivity index (χ1v) is 3.95. The highest BCUT2D eigenvalue weighted by Gasteiger charge is 1.99. The molecule has 10 heavy (non-hydrogen) atoms. The Labute approximate surface area is 60.7 Å². The molecule has 0 aromatic heterocycles. The van der Waals surface area contributed by atoms with E-state index in [1.807, 2.05) is 0 Å². The first kappa shape index (κ1) is 9.54. The second-order valence-electron chi connectivity index (χ2n) is 1.66. The average Bonchev–Trinajstić information content (AvgIpc) is 1.87. The van der Waals surface area contributed by atoms with E-state index in [2.05, 4.69) is 0 Å². The van der Waals surface area contributed by atoms with Crippen LogP contribution in [0.1, 0.15) is 12.8 Å². The highest BCUT2D eigenvalue weighted by atomic mass is 32.2. The molecule has 3 N–H and O–H groups in total. The van der Waals surface area contributed by atoms with Crippen molar-refractivity contribution in [3.05, 3.63) is 0 Å². The molecule has 1 unspecified atom stereocenters. The summed E-state index contributed by atoms with van der Waals surface area (Å²) in [6.45, 7) is 0. The van der Waals surface area contributed by atoms with E-state index in [0.717, 1.165) is 0 Å². The van der Waals surface area contributed by atoms with Gasteiger partial charge in [0, 0.05) is 12.2 Å². The number of carbonyl (C=O) groups is 1. The third-order valence-electron chi connectivity index (χ3n) is 0.847. The summed E-state index contributed by atoms with van der Waals surface area (Å²) in [6.07, 6.45) is 0.373. The standard InChI is InChI=1S/C4H9NO4S/c6-4(5-7)2-1-3-10(8)9/h7H,1-3H2,(H,5,6)(H,8,9). The zero-order valence-electron chi connectivity index (χ0n) is 5.24. The molecule has 1 atom stereocenters. The third-order valence-corrected chi connectivity index (χ3v) is 1.49. The van der Waals surface area contributed by atoms with Crippen LogP contribution < -0.4 is 5.48 Å². The molecule has 0 aliphatic rings. The lowest BCUT2D eigenvalue weighted by atomic mass is 10.3. The first-order chi connectivity index (χ1) is 4.66. The lowest BCUT2D eigenvalue weighted by Crippen LogP contribution is -2.18. The number of rotatable bonds is 4. The highest BCUT2D eigenvalue weighted by Crippen LogP contribution is 1.89. The van der Waals surface area contributed by atoms with E-state index in [0.29, 0.717) is 6.42 Å². The lowest BCUT2D eigenvalue weighted by molar-refractivity contribution is -0.129. The predicted octanol–water partition coefficient (Wildman–Crippen LogP) is -0.506. The van der Waals surface area contributed by atoms with Crippen molar-refractivity contribution in [2.75, 3.05) is 5.75 Å². The van der Waals surface area contributed by atoms with E-state index < -0.39 is 17.0 Å². The second kappa shape index (κ2) is 5.33. The molecule has 0 heterocycles. The summed E-state index contributed by atoms with van der Waals surface area (Å²) in [4.78, 5) is 10.3. The van der Waals surface area contributed by atoms with Gasteiger partial charge in [0.15, 0.2) is 11.1 Å². The maximum Gasteiger partial charge on any atom is 0.243 e. The van der Waals surface area contributed by atoms with E-state index >= 15 is 0 Å². The molecule has 0 rings (SSSR count). The van der Waals surface area contributed by atoms with Crippen molar-refractivity contribution in [1.29, 1.82) is 0 Å². The lowest BCUT2D eigenvalue weighted by Gasteiger charge is -1.94. The van der Waals surface area contributed by atoms with Gasteiger partial charge >= 0.3 is 0 Å². The average molecular weight is 167 g/mol. The minimum Gasteiger partial charge on any atom is -0.306 e. The normalized spacial score (nSPS) is 12.6. The Morgan fingerprint density at radius 3 is 2.60 bits per heavy atom. The zero-order chi connectivity index (χ0) is 7.98. The number of hydrogen-bond donors (Lipinski definition) is 3. The quantitative estimate of drug-likeness (QED) is 0.299. The fourth-order valence-electron chi connectivity index (χ4n) is 0.412. The van der Waals surface area contributed by atoms with Crippen LogP contribution in [0.25, 0.3) is 0 Å². The van der Waals surface area contributed by atoms with Gasteiger partial charge in [0.25, 0.3) is 0 Å². The molecular formula is C4H9NO4S. The fraction of sp³-hybridized carbons (Fsp3) is 0.750. The summed E-state index contributed by atoms with van der Waals surface area (Å²) in [6, 6.07) is 0. The van der Waals surface area contributed by atoms with Crippen LogP contribution in [0, 0.1) is 0 Å². The van der Waals surface area contributed by atoms with Crippen LogP contribution in [0.2, 0.25) is 0 Å². The van der Waals surface area contributed by atoms with Gasteiger partial charge in [-0.25, -0.2) is 9.69 Å². The Balaban J connectivity index is 3.20. The molecule has 0 spiro atoms. The SMILES string of the molecule is O=C(CCCS(=O)O)NO. The van der Waals surface area contributed by atoms with Crippen LogP contribution in [0.4, 0.5) is 0 Å². The second-order valence-corrected chi connectivity index (χ2v) is 2.72. The molecule has 60 valence electrons. The summed E-state index contributed by atoms with van der Waals surface area (Å²) in [5.41, 5.74) is 1.42. The van der Waals surface area contributed by atoms with Gasteiger partial charge in [-0.15, -0.1) is 0 Å². The van der Waals surface area contributed by atoms with Crippen LogP contribution in [0.5, 0.6) is 0 Å². The fourth-order valence-corrected chi connectivity index (χ4v) is 0.803. The molecular weight excluding hydrogens is 158 g/mol. The van der Waals surface area contributed by atoms with Crippen molar-refractivity contribution >= 4 is 17.0 Å². The van der Waals surface area contributed by atoms with E-state index in [4.69, 9.17) is 9.76 Å². The largest absolute Gasteiger partial charge is 0.306 e. The van der Waals surface area contributed by atoms with Gasteiger partial charge in [0.1, 0.15) is 0 Å². The van der Waals surface area contributed by atoms with Crippen molar-refractivity contribution < 1.29 is 18.8 Å². The number of carbonyl (C=O) groups excluding carboxylic acids is 1. The first-order valence-electron chi connectivity index (χ1n) is 2.67. The maximum absolute atomic E-state index is 10.3. The van der Waals surface area contributed by atoms with Gasteiger partial charge in [-0.2, -0.15) is 0 Å². The van der Waals surface area contributed by atoms with Crippen molar-refractivity contribution in [3.8, 4) is 0 Å². The number of nitrogens with one attached hydrogen (secondary N) is 1. The molecule has 0 fully saturated rings. The monoisotopic (exact) mass is 167 g/mol. The number of hydroxylamine groups is 1. The molecule has 6 heteroatoms. The Hall–Kier alpha value is -0.460. The van der Waals surface area contributed by atoms with Gasteiger partial charge in [0.2, 0.25) is 5.91 Å². The van der Waals surface area contributed by atoms with Crippen LogP contribution in [-0.2, 0) is 15.9 Å². The topological polar surface area (TPSA) is 86.6 Å². The molecule has 5 nitrogen and oxygen atoms in total. The number of hydrogen-bond acceptors (Lipinski definition) is 3. The van der Waals surface area contributed by atoms with Crippen LogP contribution in [-0.4, -0.2) is 25.6 Å². The molecule has 0 radical (unpaired) electrons. The summed E-state index contributed by atoms with van der Waals surface area (Å²) in [7, 11) is 0.